The van der Waals surface area contributed by atoms with Crippen molar-refractivity contribution in [2.45, 2.75) is 32.4 Å². The summed E-state index contributed by atoms with van der Waals surface area (Å²) in [4.78, 5) is 23.7. The quantitative estimate of drug-likeness (QED) is 0.559. The van der Waals surface area contributed by atoms with Crippen molar-refractivity contribution < 1.29 is 19.8 Å². The number of nitrogens with two attached hydrogens (primary N) is 2. The molecule has 2 atom stereocenters. The van der Waals surface area contributed by atoms with Gasteiger partial charge in [-0.15, -0.1) is 0 Å². The maximum atomic E-state index is 10.6. The van der Waals surface area contributed by atoms with Gasteiger partial charge in [0.2, 0.25) is 0 Å². The Morgan fingerprint density at radius 2 is 1.74 bits per heavy atom. The molecule has 2 aromatic rings. The molecule has 1 heterocycles. The van der Waals surface area contributed by atoms with Crippen LogP contribution in [0.15, 0.2) is 30.5 Å². The smallest absolute Gasteiger partial charge is 0.320 e. The highest BCUT2D eigenvalue weighted by Gasteiger charge is 2.15. The molecule has 0 aliphatic rings. The molecule has 2 rings (SSSR count). The molecule has 1 aromatic carbocycles. The molecule has 0 aliphatic heterocycles. The standard InChI is InChI=1S/C11H12N2O2.C5H11NO2/c12-9(11(14)15)5-7-6-13-10-4-2-1-3-8(7)10;1-3(2)4(6)5(7)8/h1-4,6,9,13H,5,12H2,(H,14,15);3-4H,6H2,1-2H3,(H,7,8)/t9-;4-/m10/s1. The number of hydrogen-bond donors (Lipinski definition) is 5. The topological polar surface area (TPSA) is 142 Å². The fraction of sp³-hybridized carbons (Fsp3) is 0.375. The number of benzene rings is 1. The number of carboxylic acids is 2. The molecule has 0 fully saturated rings. The van der Waals surface area contributed by atoms with Crippen molar-refractivity contribution in [2.75, 3.05) is 0 Å². The fourth-order valence-corrected chi connectivity index (χ4v) is 1.91. The van der Waals surface area contributed by atoms with Gasteiger partial charge < -0.3 is 26.7 Å². The number of para-hydroxylation sites is 1. The Bertz CT molecular complexity index is 666. The Hall–Kier alpha value is -2.38. The van der Waals surface area contributed by atoms with Gasteiger partial charge in [0.15, 0.2) is 0 Å². The van der Waals surface area contributed by atoms with E-state index in [-0.39, 0.29) is 5.92 Å². The van der Waals surface area contributed by atoms with E-state index in [2.05, 4.69) is 4.98 Å². The van der Waals surface area contributed by atoms with Gasteiger partial charge >= 0.3 is 11.9 Å². The van der Waals surface area contributed by atoms with Gasteiger partial charge in [-0.05, 0) is 17.5 Å². The molecular formula is C16H23N3O4. The predicted molar refractivity (Wildman–Crippen MR) is 88.1 cm³/mol. The second-order valence-electron chi connectivity index (χ2n) is 5.62. The SMILES string of the molecule is CC(C)[C@H](N)C(=O)O.N[C@H](Cc1c[nH]c2ccccc12)C(=O)O. The van der Waals surface area contributed by atoms with Gasteiger partial charge in [-0.2, -0.15) is 0 Å². The summed E-state index contributed by atoms with van der Waals surface area (Å²) in [6.07, 6.45) is 2.16. The van der Waals surface area contributed by atoms with E-state index in [0.717, 1.165) is 16.5 Å². The highest BCUT2D eigenvalue weighted by atomic mass is 16.4. The summed E-state index contributed by atoms with van der Waals surface area (Å²) in [6.45, 7) is 3.55. The number of aromatic nitrogens is 1. The monoisotopic (exact) mass is 321 g/mol. The van der Waals surface area contributed by atoms with Gasteiger partial charge in [0.1, 0.15) is 12.1 Å². The van der Waals surface area contributed by atoms with E-state index >= 15 is 0 Å². The predicted octanol–water partition coefficient (Wildman–Crippen LogP) is 1.18. The van der Waals surface area contributed by atoms with Crippen LogP contribution in [0.3, 0.4) is 0 Å². The zero-order chi connectivity index (χ0) is 17.6. The van der Waals surface area contributed by atoms with E-state index in [0.29, 0.717) is 6.42 Å². The average Bonchev–Trinajstić information content (AvgIpc) is 2.90. The summed E-state index contributed by atoms with van der Waals surface area (Å²) in [5.74, 6) is -1.88. The van der Waals surface area contributed by atoms with Gasteiger partial charge in [0.05, 0.1) is 0 Å². The molecular weight excluding hydrogens is 298 g/mol. The van der Waals surface area contributed by atoms with Gasteiger partial charge in [0, 0.05) is 23.5 Å². The zero-order valence-electron chi connectivity index (χ0n) is 13.2. The number of rotatable bonds is 5. The highest BCUT2D eigenvalue weighted by molar-refractivity contribution is 5.84. The third kappa shape index (κ3) is 5.39. The van der Waals surface area contributed by atoms with Gasteiger partial charge in [-0.3, -0.25) is 9.59 Å². The Kier molecular flexibility index (Phi) is 6.74. The number of carboxylic acid groups (broad SMARTS) is 2. The van der Waals surface area contributed by atoms with Crippen LogP contribution >= 0.6 is 0 Å². The summed E-state index contributed by atoms with van der Waals surface area (Å²) in [5, 5.41) is 18.0. The van der Waals surface area contributed by atoms with Crippen molar-refractivity contribution in [1.29, 1.82) is 0 Å². The van der Waals surface area contributed by atoms with Gasteiger partial charge in [-0.1, -0.05) is 32.0 Å². The Morgan fingerprint density at radius 1 is 1.13 bits per heavy atom. The molecule has 0 saturated heterocycles. The molecule has 7 N–H and O–H groups in total. The second kappa shape index (κ2) is 8.30. The number of hydrogen-bond acceptors (Lipinski definition) is 4. The number of H-pyrrole nitrogens is 1. The van der Waals surface area contributed by atoms with Crippen LogP contribution in [0.2, 0.25) is 0 Å². The number of fused-ring (bicyclic) bond motifs is 1. The third-order valence-corrected chi connectivity index (χ3v) is 3.44. The first-order valence-corrected chi connectivity index (χ1v) is 7.25. The number of nitrogens with one attached hydrogen (secondary N) is 1. The van der Waals surface area contributed by atoms with Crippen molar-refractivity contribution >= 4 is 22.8 Å². The minimum absolute atomic E-state index is 0.0208. The molecule has 23 heavy (non-hydrogen) atoms. The van der Waals surface area contributed by atoms with Crippen LogP contribution in [0.25, 0.3) is 10.9 Å². The van der Waals surface area contributed by atoms with Crippen LogP contribution in [0, 0.1) is 5.92 Å². The van der Waals surface area contributed by atoms with Crippen LogP contribution in [0.4, 0.5) is 0 Å². The lowest BCUT2D eigenvalue weighted by Crippen LogP contribution is -2.34. The van der Waals surface area contributed by atoms with E-state index in [9.17, 15) is 9.59 Å². The van der Waals surface area contributed by atoms with E-state index < -0.39 is 24.0 Å². The largest absolute Gasteiger partial charge is 0.480 e. The normalized spacial score (nSPS) is 13.3. The summed E-state index contributed by atoms with van der Waals surface area (Å²) in [5.41, 5.74) is 12.6. The van der Waals surface area contributed by atoms with Crippen LogP contribution in [0.5, 0.6) is 0 Å². The van der Waals surface area contributed by atoms with Crippen molar-refractivity contribution in [3.63, 3.8) is 0 Å². The first-order valence-electron chi connectivity index (χ1n) is 7.25. The lowest BCUT2D eigenvalue weighted by molar-refractivity contribution is -0.140. The highest BCUT2D eigenvalue weighted by Crippen LogP contribution is 2.18. The maximum Gasteiger partial charge on any atom is 0.320 e. The van der Waals surface area contributed by atoms with Crippen molar-refractivity contribution in [1.82, 2.24) is 4.98 Å². The minimum atomic E-state index is -0.972. The molecule has 0 unspecified atom stereocenters. The first kappa shape index (κ1) is 18.7. The fourth-order valence-electron chi connectivity index (χ4n) is 1.91. The minimum Gasteiger partial charge on any atom is -0.480 e. The molecule has 7 heteroatoms. The summed E-state index contributed by atoms with van der Waals surface area (Å²) in [7, 11) is 0. The number of aromatic amines is 1. The number of carbonyl (C=O) groups is 2. The third-order valence-electron chi connectivity index (χ3n) is 3.44. The summed E-state index contributed by atoms with van der Waals surface area (Å²) < 4.78 is 0. The van der Waals surface area contributed by atoms with E-state index in [1.165, 1.54) is 0 Å². The summed E-state index contributed by atoms with van der Waals surface area (Å²) >= 11 is 0. The molecule has 1 aromatic heterocycles. The van der Waals surface area contributed by atoms with Gasteiger partial charge in [0.25, 0.3) is 0 Å². The van der Waals surface area contributed by atoms with Crippen molar-refractivity contribution in [3.05, 3.63) is 36.0 Å². The molecule has 126 valence electrons. The van der Waals surface area contributed by atoms with Crippen LogP contribution < -0.4 is 11.5 Å². The van der Waals surface area contributed by atoms with Crippen molar-refractivity contribution in [2.24, 2.45) is 17.4 Å². The maximum absolute atomic E-state index is 10.6. The molecule has 0 saturated carbocycles. The molecule has 0 spiro atoms. The number of aliphatic carboxylic acids is 2. The van der Waals surface area contributed by atoms with Crippen LogP contribution in [0.1, 0.15) is 19.4 Å². The van der Waals surface area contributed by atoms with E-state index in [1.807, 2.05) is 30.5 Å². The average molecular weight is 321 g/mol. The lowest BCUT2D eigenvalue weighted by Gasteiger charge is -2.07. The molecule has 0 aliphatic carbocycles. The Morgan fingerprint density at radius 3 is 2.22 bits per heavy atom. The molecule has 0 amide bonds. The summed E-state index contributed by atoms with van der Waals surface area (Å²) in [6, 6.07) is 6.20. The molecule has 0 radical (unpaired) electrons. The zero-order valence-corrected chi connectivity index (χ0v) is 13.2. The van der Waals surface area contributed by atoms with Crippen molar-refractivity contribution in [3.8, 4) is 0 Å². The van der Waals surface area contributed by atoms with E-state index in [1.54, 1.807) is 13.8 Å². The Labute approximate surface area is 134 Å². The second-order valence-corrected chi connectivity index (χ2v) is 5.62. The van der Waals surface area contributed by atoms with Crippen LogP contribution in [-0.4, -0.2) is 39.2 Å². The molecule has 0 bridgehead atoms. The molecule has 7 nitrogen and oxygen atoms in total. The van der Waals surface area contributed by atoms with Crippen LogP contribution in [-0.2, 0) is 16.0 Å². The lowest BCUT2D eigenvalue weighted by atomic mass is 10.1. The first-order chi connectivity index (χ1) is 10.7. The van der Waals surface area contributed by atoms with Gasteiger partial charge in [-0.25, -0.2) is 0 Å². The Balaban J connectivity index is 0.000000284. The van der Waals surface area contributed by atoms with E-state index in [4.69, 9.17) is 21.7 Å².